The van der Waals surface area contributed by atoms with Gasteiger partial charge in [-0.1, -0.05) is 48.0 Å². The van der Waals surface area contributed by atoms with Gasteiger partial charge in [-0.05, 0) is 36.1 Å². The topological polar surface area (TPSA) is 143 Å². The SMILES string of the molecule is N=C(N)c1ccc(CNC(=O)Cc2c(-c3cccc(N)c3)c(Cl)cc(=NC3CC3)n2O)cc1. The summed E-state index contributed by atoms with van der Waals surface area (Å²) in [5.41, 5.74) is 15.3. The van der Waals surface area contributed by atoms with Gasteiger partial charge in [0.1, 0.15) is 5.84 Å². The summed E-state index contributed by atoms with van der Waals surface area (Å²) in [5, 5.41) is 21.6. The third kappa shape index (κ3) is 5.35. The van der Waals surface area contributed by atoms with Crippen molar-refractivity contribution in [2.24, 2.45) is 10.7 Å². The molecule has 8 nitrogen and oxygen atoms in total. The van der Waals surface area contributed by atoms with Crippen molar-refractivity contribution in [3.63, 3.8) is 0 Å². The fourth-order valence-electron chi connectivity index (χ4n) is 3.49. The zero-order valence-electron chi connectivity index (χ0n) is 17.9. The van der Waals surface area contributed by atoms with Gasteiger partial charge in [0.25, 0.3) is 0 Å². The van der Waals surface area contributed by atoms with Gasteiger partial charge in [-0.3, -0.25) is 15.2 Å². The highest BCUT2D eigenvalue weighted by Crippen LogP contribution is 2.32. The van der Waals surface area contributed by atoms with Crippen LogP contribution in [0.1, 0.15) is 29.7 Å². The van der Waals surface area contributed by atoms with E-state index in [2.05, 4.69) is 10.3 Å². The molecule has 2 aromatic carbocycles. The number of carbonyl (C=O) groups is 1. The Morgan fingerprint density at radius 3 is 2.58 bits per heavy atom. The van der Waals surface area contributed by atoms with E-state index >= 15 is 0 Å². The van der Waals surface area contributed by atoms with Gasteiger partial charge in [0.2, 0.25) is 5.91 Å². The molecule has 1 heterocycles. The van der Waals surface area contributed by atoms with Crippen molar-refractivity contribution in [2.75, 3.05) is 5.73 Å². The molecule has 4 rings (SSSR count). The van der Waals surface area contributed by atoms with Crippen LogP contribution >= 0.6 is 11.6 Å². The summed E-state index contributed by atoms with van der Waals surface area (Å²) >= 11 is 6.61. The van der Waals surface area contributed by atoms with Crippen molar-refractivity contribution in [1.82, 2.24) is 10.0 Å². The molecule has 1 aliphatic rings. The molecule has 1 fully saturated rings. The number of carbonyl (C=O) groups excluding carboxylic acids is 1. The summed E-state index contributed by atoms with van der Waals surface area (Å²) in [4.78, 5) is 17.3. The van der Waals surface area contributed by atoms with Gasteiger partial charge in [-0.2, -0.15) is 4.73 Å². The first kappa shape index (κ1) is 22.4. The fraction of sp³-hybridized carbons (Fsp3) is 0.208. The first-order chi connectivity index (χ1) is 15.8. The number of hydrogen-bond acceptors (Lipinski definition) is 5. The number of benzene rings is 2. The number of amides is 1. The fourth-order valence-corrected chi connectivity index (χ4v) is 3.81. The number of nitrogens with two attached hydrogens (primary N) is 2. The predicted molar refractivity (Wildman–Crippen MR) is 128 cm³/mol. The van der Waals surface area contributed by atoms with Crippen LogP contribution in [0.15, 0.2) is 59.6 Å². The average molecular weight is 465 g/mol. The summed E-state index contributed by atoms with van der Waals surface area (Å²) in [7, 11) is 0. The molecule has 170 valence electrons. The molecule has 0 bridgehead atoms. The molecule has 0 spiro atoms. The van der Waals surface area contributed by atoms with Gasteiger partial charge < -0.3 is 22.0 Å². The second-order valence-electron chi connectivity index (χ2n) is 8.03. The van der Waals surface area contributed by atoms with E-state index < -0.39 is 0 Å². The summed E-state index contributed by atoms with van der Waals surface area (Å²) in [6, 6.07) is 15.9. The Balaban J connectivity index is 1.62. The molecule has 0 atom stereocenters. The second-order valence-corrected chi connectivity index (χ2v) is 8.44. The maximum absolute atomic E-state index is 12.8. The van der Waals surface area contributed by atoms with Gasteiger partial charge in [0.15, 0.2) is 5.49 Å². The van der Waals surface area contributed by atoms with Gasteiger partial charge in [-0.25, -0.2) is 0 Å². The lowest BCUT2D eigenvalue weighted by atomic mass is 10.0. The summed E-state index contributed by atoms with van der Waals surface area (Å²) < 4.78 is 0.948. The van der Waals surface area contributed by atoms with E-state index in [1.165, 1.54) is 0 Å². The number of aromatic nitrogens is 1. The number of pyridine rings is 1. The Kier molecular flexibility index (Phi) is 6.37. The van der Waals surface area contributed by atoms with Crippen LogP contribution in [-0.2, 0) is 17.8 Å². The molecule has 7 N–H and O–H groups in total. The van der Waals surface area contributed by atoms with Crippen LogP contribution in [-0.4, -0.2) is 27.7 Å². The first-order valence-corrected chi connectivity index (χ1v) is 10.9. The van der Waals surface area contributed by atoms with Crippen LogP contribution in [0.4, 0.5) is 5.69 Å². The zero-order chi connectivity index (χ0) is 23.5. The van der Waals surface area contributed by atoms with E-state index in [1.54, 1.807) is 48.5 Å². The van der Waals surface area contributed by atoms with Gasteiger partial charge >= 0.3 is 0 Å². The largest absolute Gasteiger partial charge is 0.427 e. The van der Waals surface area contributed by atoms with Crippen molar-refractivity contribution >= 4 is 29.0 Å². The van der Waals surface area contributed by atoms with Crippen LogP contribution < -0.4 is 22.3 Å². The maximum Gasteiger partial charge on any atom is 0.226 e. The van der Waals surface area contributed by atoms with Crippen LogP contribution in [0.2, 0.25) is 5.02 Å². The second kappa shape index (κ2) is 9.38. The molecule has 1 aromatic heterocycles. The molecule has 0 aliphatic heterocycles. The maximum atomic E-state index is 12.8. The first-order valence-electron chi connectivity index (χ1n) is 10.6. The lowest BCUT2D eigenvalue weighted by Gasteiger charge is -2.16. The highest BCUT2D eigenvalue weighted by Gasteiger charge is 2.23. The molecular weight excluding hydrogens is 440 g/mol. The van der Waals surface area contributed by atoms with Crippen molar-refractivity contribution in [3.05, 3.63) is 81.9 Å². The molecule has 9 heteroatoms. The molecule has 1 amide bonds. The minimum absolute atomic E-state index is 0.0134. The van der Waals surface area contributed by atoms with Gasteiger partial charge in [0, 0.05) is 29.4 Å². The molecule has 0 unspecified atom stereocenters. The van der Waals surface area contributed by atoms with E-state index in [-0.39, 0.29) is 30.8 Å². The average Bonchev–Trinajstić information content (AvgIpc) is 3.60. The summed E-state index contributed by atoms with van der Waals surface area (Å²) in [6.45, 7) is 0.288. The van der Waals surface area contributed by atoms with E-state index in [4.69, 9.17) is 28.5 Å². The summed E-state index contributed by atoms with van der Waals surface area (Å²) in [6.07, 6.45) is 1.82. The lowest BCUT2D eigenvalue weighted by Crippen LogP contribution is -2.30. The van der Waals surface area contributed by atoms with Crippen molar-refractivity contribution < 1.29 is 10.0 Å². The third-order valence-corrected chi connectivity index (χ3v) is 5.67. The number of halogens is 1. The van der Waals surface area contributed by atoms with Crippen LogP contribution in [0.3, 0.4) is 0 Å². The predicted octanol–water partition coefficient (Wildman–Crippen LogP) is 2.83. The van der Waals surface area contributed by atoms with E-state index in [9.17, 15) is 10.0 Å². The Hall–Kier alpha value is -3.78. The molecule has 0 radical (unpaired) electrons. The molecular formula is C24H25ClN6O2. The number of nitrogens with one attached hydrogen (secondary N) is 2. The number of rotatable bonds is 7. The summed E-state index contributed by atoms with van der Waals surface area (Å²) in [5.74, 6) is -0.307. The van der Waals surface area contributed by atoms with Crippen molar-refractivity contribution in [1.29, 1.82) is 5.41 Å². The number of hydrogen-bond donors (Lipinski definition) is 5. The van der Waals surface area contributed by atoms with Crippen LogP contribution in [0.25, 0.3) is 11.1 Å². The molecule has 1 saturated carbocycles. The quantitative estimate of drug-likeness (QED) is 0.158. The Morgan fingerprint density at radius 2 is 1.94 bits per heavy atom. The highest BCUT2D eigenvalue weighted by atomic mass is 35.5. The Morgan fingerprint density at radius 1 is 1.21 bits per heavy atom. The van der Waals surface area contributed by atoms with Gasteiger partial charge in [-0.15, -0.1) is 0 Å². The molecule has 1 aliphatic carbocycles. The monoisotopic (exact) mass is 464 g/mol. The number of nitrogens with zero attached hydrogens (tertiary/aromatic N) is 2. The number of anilines is 1. The van der Waals surface area contributed by atoms with Crippen molar-refractivity contribution in [3.8, 4) is 11.1 Å². The molecule has 0 saturated heterocycles. The van der Waals surface area contributed by atoms with Gasteiger partial charge in [0.05, 0.1) is 23.2 Å². The highest BCUT2D eigenvalue weighted by molar-refractivity contribution is 6.33. The zero-order valence-corrected chi connectivity index (χ0v) is 18.6. The minimum atomic E-state index is -0.293. The molecule has 33 heavy (non-hydrogen) atoms. The lowest BCUT2D eigenvalue weighted by molar-refractivity contribution is -0.120. The Bertz CT molecular complexity index is 1280. The van der Waals surface area contributed by atoms with Crippen LogP contribution in [0, 0.1) is 5.41 Å². The number of amidine groups is 1. The third-order valence-electron chi connectivity index (χ3n) is 5.38. The van der Waals surface area contributed by atoms with Crippen LogP contribution in [0.5, 0.6) is 0 Å². The van der Waals surface area contributed by atoms with E-state index in [0.717, 1.165) is 23.1 Å². The standard InChI is InChI=1S/C24H25ClN6O2/c25-19-11-21(30-18-8-9-18)31(33)20(23(19)16-2-1-3-17(26)10-16)12-22(32)29-13-14-4-6-15(7-5-14)24(27)28/h1-7,10-11,18,33H,8-9,12-13,26H2,(H3,27,28)(H,29,32). The van der Waals surface area contributed by atoms with Crippen molar-refractivity contribution in [2.45, 2.75) is 31.8 Å². The normalized spacial score (nSPS) is 13.7. The minimum Gasteiger partial charge on any atom is -0.427 e. The molecule has 3 aromatic rings. The van der Waals surface area contributed by atoms with E-state index in [0.29, 0.717) is 38.6 Å². The Labute approximate surface area is 196 Å². The smallest absolute Gasteiger partial charge is 0.226 e. The van der Waals surface area contributed by atoms with E-state index in [1.807, 2.05) is 6.07 Å². The number of nitrogen functional groups attached to an aromatic ring is 2.